The molecule has 17 heavy (non-hydrogen) atoms. The molecule has 5 heteroatoms. The van der Waals surface area contributed by atoms with Crippen molar-refractivity contribution in [1.29, 1.82) is 0 Å². The monoisotopic (exact) mass is 237 g/mol. The van der Waals surface area contributed by atoms with Gasteiger partial charge in [-0.05, 0) is 18.9 Å². The van der Waals surface area contributed by atoms with Crippen LogP contribution in [0.3, 0.4) is 0 Å². The van der Waals surface area contributed by atoms with Gasteiger partial charge in [-0.3, -0.25) is 4.99 Å². The lowest BCUT2D eigenvalue weighted by atomic mass is 10.1. The van der Waals surface area contributed by atoms with E-state index < -0.39 is 12.0 Å². The molecule has 0 aromatic rings. The van der Waals surface area contributed by atoms with Crippen molar-refractivity contribution < 1.29 is 19.4 Å². The Morgan fingerprint density at radius 1 is 1.59 bits per heavy atom. The molecule has 0 aliphatic carbocycles. The highest BCUT2D eigenvalue weighted by Crippen LogP contribution is 2.17. The molecule has 5 nitrogen and oxygen atoms in total. The van der Waals surface area contributed by atoms with Crippen molar-refractivity contribution >= 4 is 18.1 Å². The van der Waals surface area contributed by atoms with Gasteiger partial charge >= 0.3 is 5.97 Å². The van der Waals surface area contributed by atoms with E-state index >= 15 is 0 Å². The normalized spacial score (nSPS) is 18.9. The molecular weight excluding hydrogens is 222 g/mol. The Bertz CT molecular complexity index is 401. The molecular formula is C12H15NO4. The van der Waals surface area contributed by atoms with Crippen molar-refractivity contribution in [2.75, 3.05) is 0 Å². The number of carbonyl (C=O) groups is 1. The van der Waals surface area contributed by atoms with Crippen LogP contribution in [0.5, 0.6) is 0 Å². The summed E-state index contributed by atoms with van der Waals surface area (Å²) in [6.07, 6.45) is 4.45. The minimum absolute atomic E-state index is 0.0130. The number of rotatable bonds is 5. The van der Waals surface area contributed by atoms with Crippen molar-refractivity contribution in [3.05, 3.63) is 17.4 Å². The molecule has 0 radical (unpaired) electrons. The van der Waals surface area contributed by atoms with E-state index in [1.165, 1.54) is 12.3 Å². The smallest absolute Gasteiger partial charge is 0.333 e. The predicted octanol–water partition coefficient (Wildman–Crippen LogP) is 1.37. The molecule has 0 saturated heterocycles. The largest absolute Gasteiger partial charge is 0.489 e. The minimum Gasteiger partial charge on any atom is -0.489 e. The number of allylic oxidation sites excluding steroid dienone is 1. The van der Waals surface area contributed by atoms with E-state index in [4.69, 9.17) is 9.84 Å². The van der Waals surface area contributed by atoms with E-state index in [-0.39, 0.29) is 11.7 Å². The summed E-state index contributed by atoms with van der Waals surface area (Å²) in [6.45, 7) is 3.98. The lowest BCUT2D eigenvalue weighted by Gasteiger charge is -2.19. The number of carboxylic acid groups (broad SMARTS) is 1. The van der Waals surface area contributed by atoms with Crippen LogP contribution in [0.4, 0.5) is 0 Å². The Morgan fingerprint density at radius 2 is 2.24 bits per heavy atom. The second-order valence-corrected chi connectivity index (χ2v) is 3.68. The van der Waals surface area contributed by atoms with Crippen LogP contribution in [0.25, 0.3) is 0 Å². The number of hydrogen-bond donors (Lipinski definition) is 1. The minimum atomic E-state index is -1.17. The summed E-state index contributed by atoms with van der Waals surface area (Å²) < 4.78 is 5.57. The number of aliphatic imine (C=N–C) groups is 1. The Morgan fingerprint density at radius 3 is 2.71 bits per heavy atom. The molecule has 1 heterocycles. The second-order valence-electron chi connectivity index (χ2n) is 3.68. The van der Waals surface area contributed by atoms with Crippen molar-refractivity contribution in [3.8, 4) is 0 Å². The topological polar surface area (TPSA) is 76.0 Å². The molecule has 0 fully saturated rings. The molecule has 1 rings (SSSR count). The van der Waals surface area contributed by atoms with E-state index in [0.29, 0.717) is 5.76 Å². The maximum atomic E-state index is 10.8. The van der Waals surface area contributed by atoms with Gasteiger partial charge in [0.25, 0.3) is 0 Å². The predicted molar refractivity (Wildman–Crippen MR) is 62.7 cm³/mol. The van der Waals surface area contributed by atoms with Gasteiger partial charge in [0.15, 0.2) is 6.04 Å². The molecule has 92 valence electrons. The number of nitrogens with zero attached hydrogens (tertiary/aromatic N) is 1. The zero-order valence-corrected chi connectivity index (χ0v) is 9.84. The third-order valence-corrected chi connectivity index (χ3v) is 2.51. The maximum absolute atomic E-state index is 10.8. The van der Waals surface area contributed by atoms with Crippen LogP contribution in [-0.4, -0.2) is 35.4 Å². The van der Waals surface area contributed by atoms with Gasteiger partial charge in [-0.15, -0.1) is 0 Å². The first kappa shape index (κ1) is 13.2. The summed E-state index contributed by atoms with van der Waals surface area (Å²) in [5, 5.41) is 8.82. The van der Waals surface area contributed by atoms with Crippen LogP contribution < -0.4 is 0 Å². The zero-order valence-electron chi connectivity index (χ0n) is 9.84. The molecule has 1 N–H and O–H groups in total. The number of hydrogen-bond acceptors (Lipinski definition) is 4. The number of carboxylic acids is 1. The molecule has 1 aliphatic rings. The summed E-state index contributed by atoms with van der Waals surface area (Å²) in [6, 6.07) is -1.17. The summed E-state index contributed by atoms with van der Waals surface area (Å²) in [5.74, 6) is 0.833. The fourth-order valence-corrected chi connectivity index (χ4v) is 1.49. The second kappa shape index (κ2) is 6.01. The molecule has 1 atom stereocenters. The van der Waals surface area contributed by atoms with Gasteiger partial charge in [0.2, 0.25) is 0 Å². The third-order valence-electron chi connectivity index (χ3n) is 2.51. The van der Waals surface area contributed by atoms with E-state index in [9.17, 15) is 9.59 Å². The highest BCUT2D eigenvalue weighted by Gasteiger charge is 2.25. The summed E-state index contributed by atoms with van der Waals surface area (Å²) in [7, 11) is 0. The van der Waals surface area contributed by atoms with Crippen LogP contribution >= 0.6 is 0 Å². The lowest BCUT2D eigenvalue weighted by Crippen LogP contribution is -2.24. The molecule has 0 aromatic carbocycles. The SMILES string of the molecule is CCC(CC)OC1=CC(=C=O)C(C(=O)O)N=C1. The van der Waals surface area contributed by atoms with Gasteiger partial charge in [-0.25, -0.2) is 9.59 Å². The molecule has 0 amide bonds. The van der Waals surface area contributed by atoms with Crippen LogP contribution in [0.2, 0.25) is 0 Å². The number of carbonyl (C=O) groups excluding carboxylic acids is 1. The first-order valence-corrected chi connectivity index (χ1v) is 5.51. The van der Waals surface area contributed by atoms with Crippen LogP contribution in [0.15, 0.2) is 22.4 Å². The maximum Gasteiger partial charge on any atom is 0.333 e. The zero-order chi connectivity index (χ0) is 12.8. The van der Waals surface area contributed by atoms with Crippen LogP contribution in [-0.2, 0) is 14.3 Å². The third kappa shape index (κ3) is 3.29. The first-order chi connectivity index (χ1) is 8.12. The number of aliphatic carboxylic acids is 1. The molecule has 0 bridgehead atoms. The van der Waals surface area contributed by atoms with Crippen LogP contribution in [0, 0.1) is 0 Å². The van der Waals surface area contributed by atoms with Crippen molar-refractivity contribution in [1.82, 2.24) is 0 Å². The van der Waals surface area contributed by atoms with Gasteiger partial charge in [-0.2, -0.15) is 0 Å². The average molecular weight is 237 g/mol. The number of ether oxygens (including phenoxy) is 1. The molecule has 0 spiro atoms. The fourth-order valence-electron chi connectivity index (χ4n) is 1.49. The van der Waals surface area contributed by atoms with E-state index in [1.807, 2.05) is 13.8 Å². The highest BCUT2D eigenvalue weighted by atomic mass is 16.5. The van der Waals surface area contributed by atoms with E-state index in [1.54, 1.807) is 5.94 Å². The van der Waals surface area contributed by atoms with Crippen LogP contribution in [0.1, 0.15) is 26.7 Å². The lowest BCUT2D eigenvalue weighted by molar-refractivity contribution is -0.137. The standard InChI is InChI=1S/C12H15NO4/c1-3-9(4-2)17-10-5-8(7-14)11(12(15)16)13-6-10/h5-6,9,11H,3-4H2,1-2H3,(H,15,16). The van der Waals surface area contributed by atoms with Gasteiger partial charge in [0.1, 0.15) is 11.7 Å². The van der Waals surface area contributed by atoms with Gasteiger partial charge in [0.05, 0.1) is 17.9 Å². The van der Waals surface area contributed by atoms with Gasteiger partial charge < -0.3 is 9.84 Å². The first-order valence-electron chi connectivity index (χ1n) is 5.51. The molecule has 0 aromatic heterocycles. The Kier molecular flexibility index (Phi) is 4.67. The van der Waals surface area contributed by atoms with Gasteiger partial charge in [-0.1, -0.05) is 13.8 Å². The fraction of sp³-hybridized carbons (Fsp3) is 0.500. The number of dihydropyridines is 1. The Balaban J connectivity index is 2.83. The van der Waals surface area contributed by atoms with Gasteiger partial charge in [0, 0.05) is 0 Å². The van der Waals surface area contributed by atoms with Crippen molar-refractivity contribution in [2.24, 2.45) is 4.99 Å². The highest BCUT2D eigenvalue weighted by molar-refractivity contribution is 5.91. The quantitative estimate of drug-likeness (QED) is 0.733. The van der Waals surface area contributed by atoms with Crippen molar-refractivity contribution in [2.45, 2.75) is 38.8 Å². The molecule has 0 saturated carbocycles. The van der Waals surface area contributed by atoms with E-state index in [0.717, 1.165) is 12.8 Å². The Labute approximate surface area is 99.5 Å². The van der Waals surface area contributed by atoms with E-state index in [2.05, 4.69) is 4.99 Å². The molecule has 1 aliphatic heterocycles. The Hall–Kier alpha value is -1.87. The average Bonchev–Trinajstić information content (AvgIpc) is 2.35. The summed E-state index contributed by atoms with van der Waals surface area (Å²) in [4.78, 5) is 25.2. The summed E-state index contributed by atoms with van der Waals surface area (Å²) in [5.41, 5.74) is -0.0130. The van der Waals surface area contributed by atoms with Crippen molar-refractivity contribution in [3.63, 3.8) is 0 Å². The summed E-state index contributed by atoms with van der Waals surface area (Å²) >= 11 is 0. The molecule has 1 unspecified atom stereocenters.